The molecule has 1 atom stereocenters. The van der Waals surface area contributed by atoms with E-state index in [1.807, 2.05) is 11.7 Å². The Labute approximate surface area is 122 Å². The van der Waals surface area contributed by atoms with Crippen molar-refractivity contribution in [2.75, 3.05) is 25.2 Å². The highest BCUT2D eigenvalue weighted by Crippen LogP contribution is 2.26. The van der Waals surface area contributed by atoms with E-state index in [9.17, 15) is 0 Å². The van der Waals surface area contributed by atoms with Gasteiger partial charge in [-0.1, -0.05) is 0 Å². The van der Waals surface area contributed by atoms with Gasteiger partial charge in [0.25, 0.3) is 0 Å². The number of ether oxygens (including phenoxy) is 1. The van der Waals surface area contributed by atoms with Gasteiger partial charge in [0.15, 0.2) is 0 Å². The van der Waals surface area contributed by atoms with E-state index in [1.54, 1.807) is 0 Å². The zero-order chi connectivity index (χ0) is 14.9. The van der Waals surface area contributed by atoms with Crippen molar-refractivity contribution in [3.8, 4) is 0 Å². The molecule has 1 unspecified atom stereocenters. The quantitative estimate of drug-likeness (QED) is 0.914. The van der Waals surface area contributed by atoms with E-state index in [0.717, 1.165) is 31.9 Å². The second-order valence-electron chi connectivity index (χ2n) is 6.74. The average Bonchev–Trinajstić information content (AvgIpc) is 2.93. The van der Waals surface area contributed by atoms with Crippen LogP contribution in [-0.2, 0) is 18.3 Å². The third-order valence-electron chi connectivity index (χ3n) is 3.90. The van der Waals surface area contributed by atoms with Gasteiger partial charge in [0.05, 0.1) is 18.3 Å². The highest BCUT2D eigenvalue weighted by molar-refractivity contribution is 5.50. The van der Waals surface area contributed by atoms with Gasteiger partial charge in [0, 0.05) is 38.3 Å². The van der Waals surface area contributed by atoms with Crippen molar-refractivity contribution in [3.63, 3.8) is 0 Å². The molecule has 1 saturated heterocycles. The first-order valence-corrected chi connectivity index (χ1v) is 7.37. The molecule has 5 heteroatoms. The number of hydrogen-bond acceptors (Lipinski definition) is 4. The predicted molar refractivity (Wildman–Crippen MR) is 82.2 cm³/mol. The fourth-order valence-electron chi connectivity index (χ4n) is 2.69. The minimum Gasteiger partial charge on any atom is -0.379 e. The lowest BCUT2D eigenvalue weighted by Crippen LogP contribution is -2.37. The molecule has 0 radical (unpaired) electrons. The Balaban J connectivity index is 2.22. The van der Waals surface area contributed by atoms with Crippen molar-refractivity contribution in [1.82, 2.24) is 15.1 Å². The van der Waals surface area contributed by atoms with Gasteiger partial charge in [0.1, 0.15) is 5.82 Å². The molecule has 2 heterocycles. The number of rotatable bonds is 4. The molecule has 1 aromatic rings. The summed E-state index contributed by atoms with van der Waals surface area (Å²) in [6, 6.07) is 0.457. The van der Waals surface area contributed by atoms with Gasteiger partial charge < -0.3 is 15.0 Å². The van der Waals surface area contributed by atoms with E-state index >= 15 is 0 Å². The van der Waals surface area contributed by atoms with E-state index < -0.39 is 0 Å². The Hall–Kier alpha value is -1.07. The predicted octanol–water partition coefficient (Wildman–Crippen LogP) is 1.84. The monoisotopic (exact) mass is 280 g/mol. The van der Waals surface area contributed by atoms with Crippen molar-refractivity contribution in [3.05, 3.63) is 11.3 Å². The Morgan fingerprint density at radius 3 is 2.70 bits per heavy atom. The summed E-state index contributed by atoms with van der Waals surface area (Å²) in [5, 5.41) is 8.17. The number of anilines is 1. The highest BCUT2D eigenvalue weighted by atomic mass is 16.5. The molecule has 114 valence electrons. The first-order chi connectivity index (χ1) is 9.29. The lowest BCUT2D eigenvalue weighted by molar-refractivity contribution is 0.193. The molecule has 20 heavy (non-hydrogen) atoms. The minimum absolute atomic E-state index is 0.106. The molecule has 2 rings (SSSR count). The van der Waals surface area contributed by atoms with Crippen LogP contribution in [0.2, 0.25) is 0 Å². The molecule has 1 aliphatic heterocycles. The Morgan fingerprint density at radius 1 is 1.45 bits per heavy atom. The SMILES string of the molecule is Cc1nn(C)c(N(C)C2CCOC2)c1CNC(C)(C)C. The van der Waals surface area contributed by atoms with Crippen molar-refractivity contribution in [2.45, 2.75) is 52.2 Å². The molecular weight excluding hydrogens is 252 g/mol. The fraction of sp³-hybridized carbons (Fsp3) is 0.800. The van der Waals surface area contributed by atoms with Gasteiger partial charge in [-0.15, -0.1) is 0 Å². The van der Waals surface area contributed by atoms with Gasteiger partial charge in [-0.2, -0.15) is 5.10 Å². The van der Waals surface area contributed by atoms with Gasteiger partial charge in [-0.05, 0) is 34.1 Å². The summed E-state index contributed by atoms with van der Waals surface area (Å²) >= 11 is 0. The number of likely N-dealkylation sites (N-methyl/N-ethyl adjacent to an activating group) is 1. The molecule has 0 aliphatic carbocycles. The van der Waals surface area contributed by atoms with Crippen LogP contribution in [0.4, 0.5) is 5.82 Å². The van der Waals surface area contributed by atoms with Crippen LogP contribution in [0.15, 0.2) is 0 Å². The molecule has 1 aliphatic rings. The van der Waals surface area contributed by atoms with Crippen LogP contribution in [0, 0.1) is 6.92 Å². The van der Waals surface area contributed by atoms with E-state index in [4.69, 9.17) is 4.74 Å². The highest BCUT2D eigenvalue weighted by Gasteiger charge is 2.26. The van der Waals surface area contributed by atoms with E-state index in [0.29, 0.717) is 6.04 Å². The molecule has 1 aromatic heterocycles. The Kier molecular flexibility index (Phi) is 4.39. The summed E-state index contributed by atoms with van der Waals surface area (Å²) in [4.78, 5) is 2.33. The lowest BCUT2D eigenvalue weighted by atomic mass is 10.1. The van der Waals surface area contributed by atoms with Gasteiger partial charge in [-0.3, -0.25) is 4.68 Å². The standard InChI is InChI=1S/C15H28N4O/c1-11-13(9-16-15(2,3)4)14(19(6)17-11)18(5)12-7-8-20-10-12/h12,16H,7-10H2,1-6H3. The Bertz CT molecular complexity index is 455. The molecule has 5 nitrogen and oxygen atoms in total. The largest absolute Gasteiger partial charge is 0.379 e. The molecule has 0 amide bonds. The van der Waals surface area contributed by atoms with Crippen LogP contribution in [-0.4, -0.2) is 41.6 Å². The molecule has 0 bridgehead atoms. The second kappa shape index (κ2) is 5.74. The number of aryl methyl sites for hydroxylation is 2. The van der Waals surface area contributed by atoms with E-state index in [2.05, 4.69) is 50.1 Å². The third kappa shape index (κ3) is 3.33. The average molecular weight is 280 g/mol. The fourth-order valence-corrected chi connectivity index (χ4v) is 2.69. The van der Waals surface area contributed by atoms with E-state index in [1.165, 1.54) is 11.4 Å². The molecule has 0 spiro atoms. The first-order valence-electron chi connectivity index (χ1n) is 7.37. The lowest BCUT2D eigenvalue weighted by Gasteiger charge is -2.28. The van der Waals surface area contributed by atoms with Gasteiger partial charge in [0.2, 0.25) is 0 Å². The number of aromatic nitrogens is 2. The zero-order valence-corrected chi connectivity index (χ0v) is 13.7. The normalized spacial score (nSPS) is 19.6. The molecule has 0 aromatic carbocycles. The Morgan fingerprint density at radius 2 is 2.15 bits per heavy atom. The smallest absolute Gasteiger partial charge is 0.131 e. The van der Waals surface area contributed by atoms with Crippen LogP contribution < -0.4 is 10.2 Å². The zero-order valence-electron chi connectivity index (χ0n) is 13.7. The summed E-state index contributed by atoms with van der Waals surface area (Å²) in [6.07, 6.45) is 1.09. The third-order valence-corrected chi connectivity index (χ3v) is 3.90. The minimum atomic E-state index is 0.106. The topological polar surface area (TPSA) is 42.3 Å². The molecule has 1 N–H and O–H groups in total. The summed E-state index contributed by atoms with van der Waals surface area (Å²) in [6.45, 7) is 11.2. The molecule has 1 fully saturated rings. The van der Waals surface area contributed by atoms with Gasteiger partial charge >= 0.3 is 0 Å². The van der Waals surface area contributed by atoms with Crippen LogP contribution >= 0.6 is 0 Å². The molecular formula is C15H28N4O. The number of nitrogens with one attached hydrogen (secondary N) is 1. The summed E-state index contributed by atoms with van der Waals surface area (Å²) in [5.74, 6) is 1.20. The summed E-state index contributed by atoms with van der Waals surface area (Å²) < 4.78 is 7.51. The van der Waals surface area contributed by atoms with Crippen LogP contribution in [0.3, 0.4) is 0 Å². The summed E-state index contributed by atoms with van der Waals surface area (Å²) in [7, 11) is 4.17. The van der Waals surface area contributed by atoms with E-state index in [-0.39, 0.29) is 5.54 Å². The maximum absolute atomic E-state index is 5.51. The number of hydrogen-bond donors (Lipinski definition) is 1. The van der Waals surface area contributed by atoms with Crippen LogP contribution in [0.5, 0.6) is 0 Å². The maximum Gasteiger partial charge on any atom is 0.131 e. The van der Waals surface area contributed by atoms with Crippen molar-refractivity contribution < 1.29 is 4.74 Å². The summed E-state index contributed by atoms with van der Waals surface area (Å²) in [5.41, 5.74) is 2.50. The first kappa shape index (κ1) is 15.3. The number of nitrogens with zero attached hydrogens (tertiary/aromatic N) is 3. The van der Waals surface area contributed by atoms with Crippen LogP contribution in [0.25, 0.3) is 0 Å². The maximum atomic E-state index is 5.51. The molecule has 0 saturated carbocycles. The van der Waals surface area contributed by atoms with Crippen molar-refractivity contribution in [1.29, 1.82) is 0 Å². The second-order valence-corrected chi connectivity index (χ2v) is 6.74. The van der Waals surface area contributed by atoms with Crippen molar-refractivity contribution >= 4 is 5.82 Å². The van der Waals surface area contributed by atoms with Crippen molar-refractivity contribution in [2.24, 2.45) is 7.05 Å². The van der Waals surface area contributed by atoms with Crippen LogP contribution in [0.1, 0.15) is 38.4 Å². The van der Waals surface area contributed by atoms with Gasteiger partial charge in [-0.25, -0.2) is 0 Å².